The fraction of sp³-hybridized carbons (Fsp3) is 0.562. The summed E-state index contributed by atoms with van der Waals surface area (Å²) >= 11 is 0. The van der Waals surface area contributed by atoms with Crippen LogP contribution in [0.2, 0.25) is 0 Å². The van der Waals surface area contributed by atoms with Crippen LogP contribution < -0.4 is 5.32 Å². The number of fused-ring (bicyclic) bond motifs is 1. The van der Waals surface area contributed by atoms with E-state index in [1.807, 2.05) is 6.92 Å². The van der Waals surface area contributed by atoms with Crippen molar-refractivity contribution in [3.05, 3.63) is 35.4 Å². The number of nitrogens with zero attached hydrogens (tertiary/aromatic N) is 1. The molecule has 1 atom stereocenters. The van der Waals surface area contributed by atoms with Gasteiger partial charge in [0.05, 0.1) is 7.11 Å². The van der Waals surface area contributed by atoms with Crippen LogP contribution in [0.4, 0.5) is 0 Å². The van der Waals surface area contributed by atoms with Crippen molar-refractivity contribution in [3.63, 3.8) is 0 Å². The normalized spacial score (nSPS) is 17.6. The number of hydrogen-bond acceptors (Lipinski definition) is 4. The zero-order chi connectivity index (χ0) is 14.6. The van der Waals surface area contributed by atoms with Gasteiger partial charge in [-0.05, 0) is 31.0 Å². The van der Waals surface area contributed by atoms with Crippen molar-refractivity contribution in [1.82, 2.24) is 10.2 Å². The van der Waals surface area contributed by atoms with E-state index in [0.29, 0.717) is 6.54 Å². The molecule has 1 aliphatic rings. The van der Waals surface area contributed by atoms with Crippen LogP contribution in [-0.2, 0) is 22.6 Å². The zero-order valence-corrected chi connectivity index (χ0v) is 12.6. The van der Waals surface area contributed by atoms with Gasteiger partial charge in [-0.1, -0.05) is 31.2 Å². The highest BCUT2D eigenvalue weighted by Gasteiger charge is 2.37. The summed E-state index contributed by atoms with van der Waals surface area (Å²) in [4.78, 5) is 14.4. The first-order valence-electron chi connectivity index (χ1n) is 7.21. The first-order valence-corrected chi connectivity index (χ1v) is 7.21. The van der Waals surface area contributed by atoms with Crippen LogP contribution >= 0.6 is 0 Å². The van der Waals surface area contributed by atoms with Crippen molar-refractivity contribution in [1.29, 1.82) is 0 Å². The Kier molecular flexibility index (Phi) is 4.78. The molecule has 1 aromatic carbocycles. The van der Waals surface area contributed by atoms with Crippen molar-refractivity contribution >= 4 is 5.97 Å². The lowest BCUT2D eigenvalue weighted by molar-refractivity contribution is -0.148. The molecule has 0 fully saturated rings. The van der Waals surface area contributed by atoms with Crippen molar-refractivity contribution in [2.45, 2.75) is 38.9 Å². The Balaban J connectivity index is 2.05. The van der Waals surface area contributed by atoms with E-state index in [4.69, 9.17) is 4.74 Å². The second-order valence-corrected chi connectivity index (χ2v) is 5.66. The molecule has 0 aliphatic carbocycles. The van der Waals surface area contributed by atoms with Gasteiger partial charge in [-0.3, -0.25) is 9.69 Å². The van der Waals surface area contributed by atoms with E-state index >= 15 is 0 Å². The Morgan fingerprint density at radius 2 is 1.95 bits per heavy atom. The van der Waals surface area contributed by atoms with Gasteiger partial charge in [-0.25, -0.2) is 0 Å². The molecule has 2 rings (SSSR count). The molecule has 1 unspecified atom stereocenters. The van der Waals surface area contributed by atoms with Crippen LogP contribution in [0.15, 0.2) is 24.3 Å². The number of esters is 1. The first-order chi connectivity index (χ1) is 9.59. The van der Waals surface area contributed by atoms with Crippen molar-refractivity contribution in [3.8, 4) is 0 Å². The molecule has 20 heavy (non-hydrogen) atoms. The molecular weight excluding hydrogens is 252 g/mol. The third kappa shape index (κ3) is 3.19. The molecule has 4 nitrogen and oxygen atoms in total. The molecule has 110 valence electrons. The fourth-order valence-corrected chi connectivity index (χ4v) is 2.78. The van der Waals surface area contributed by atoms with E-state index in [1.54, 1.807) is 0 Å². The molecule has 0 spiro atoms. The van der Waals surface area contributed by atoms with Crippen molar-refractivity contribution in [2.75, 3.05) is 20.2 Å². The number of methoxy groups -OCH3 is 1. The SMILES string of the molecule is CCCNC(C)(CN1Cc2ccccc2C1)C(=O)OC. The maximum Gasteiger partial charge on any atom is 0.327 e. The lowest BCUT2D eigenvalue weighted by Crippen LogP contribution is -2.56. The molecule has 0 bridgehead atoms. The number of rotatable bonds is 6. The van der Waals surface area contributed by atoms with Gasteiger partial charge in [0, 0.05) is 19.6 Å². The average Bonchev–Trinajstić information content (AvgIpc) is 2.86. The van der Waals surface area contributed by atoms with Gasteiger partial charge >= 0.3 is 5.97 Å². The number of carbonyl (C=O) groups is 1. The van der Waals surface area contributed by atoms with Crippen LogP contribution in [0.1, 0.15) is 31.4 Å². The molecule has 4 heteroatoms. The monoisotopic (exact) mass is 276 g/mol. The number of carbonyl (C=O) groups excluding carboxylic acids is 1. The standard InChI is InChI=1S/C16H24N2O2/c1-4-9-17-16(2,15(19)20-3)12-18-10-13-7-5-6-8-14(13)11-18/h5-8,17H,4,9-12H2,1-3H3. The van der Waals surface area contributed by atoms with E-state index in [0.717, 1.165) is 26.1 Å². The summed E-state index contributed by atoms with van der Waals surface area (Å²) in [6, 6.07) is 8.45. The van der Waals surface area contributed by atoms with Gasteiger partial charge in [-0.2, -0.15) is 0 Å². The summed E-state index contributed by atoms with van der Waals surface area (Å²) in [5.41, 5.74) is 2.07. The Morgan fingerprint density at radius 3 is 2.45 bits per heavy atom. The quantitative estimate of drug-likeness (QED) is 0.806. The molecule has 1 aliphatic heterocycles. The predicted molar refractivity (Wildman–Crippen MR) is 79.3 cm³/mol. The largest absolute Gasteiger partial charge is 0.468 e. The second-order valence-electron chi connectivity index (χ2n) is 5.66. The van der Waals surface area contributed by atoms with Gasteiger partial charge in [0.25, 0.3) is 0 Å². The van der Waals surface area contributed by atoms with Gasteiger partial charge in [-0.15, -0.1) is 0 Å². The van der Waals surface area contributed by atoms with E-state index < -0.39 is 5.54 Å². The Morgan fingerprint density at radius 1 is 1.35 bits per heavy atom. The summed E-state index contributed by atoms with van der Waals surface area (Å²) in [7, 11) is 1.45. The zero-order valence-electron chi connectivity index (χ0n) is 12.6. The summed E-state index contributed by atoms with van der Waals surface area (Å²) in [6.45, 7) is 7.29. The number of benzene rings is 1. The Hall–Kier alpha value is -1.39. The second kappa shape index (κ2) is 6.37. The van der Waals surface area contributed by atoms with E-state index in [-0.39, 0.29) is 5.97 Å². The molecule has 0 aromatic heterocycles. The minimum absolute atomic E-state index is 0.193. The smallest absolute Gasteiger partial charge is 0.327 e. The topological polar surface area (TPSA) is 41.6 Å². The molecule has 1 heterocycles. The number of ether oxygens (including phenoxy) is 1. The third-order valence-electron chi connectivity index (χ3n) is 3.85. The van der Waals surface area contributed by atoms with Gasteiger partial charge in [0.1, 0.15) is 5.54 Å². The van der Waals surface area contributed by atoms with E-state index in [1.165, 1.54) is 18.2 Å². The highest BCUT2D eigenvalue weighted by Crippen LogP contribution is 2.24. The molecule has 0 saturated heterocycles. The lowest BCUT2D eigenvalue weighted by atomic mass is 10.0. The average molecular weight is 276 g/mol. The predicted octanol–water partition coefficient (Wildman–Crippen LogP) is 1.93. The van der Waals surface area contributed by atoms with Crippen molar-refractivity contribution in [2.24, 2.45) is 0 Å². The molecule has 0 saturated carbocycles. The summed E-state index contributed by atoms with van der Waals surface area (Å²) < 4.78 is 4.97. The van der Waals surface area contributed by atoms with Crippen molar-refractivity contribution < 1.29 is 9.53 Å². The lowest BCUT2D eigenvalue weighted by Gasteiger charge is -2.32. The summed E-state index contributed by atoms with van der Waals surface area (Å²) in [6.07, 6.45) is 0.993. The van der Waals surface area contributed by atoms with Gasteiger partial charge in [0.15, 0.2) is 0 Å². The fourth-order valence-electron chi connectivity index (χ4n) is 2.78. The van der Waals surface area contributed by atoms with Crippen LogP contribution in [0.3, 0.4) is 0 Å². The summed E-state index contributed by atoms with van der Waals surface area (Å²) in [5, 5.41) is 3.33. The Labute approximate surface area is 121 Å². The van der Waals surface area contributed by atoms with Gasteiger partial charge in [0.2, 0.25) is 0 Å². The van der Waals surface area contributed by atoms with Crippen LogP contribution in [0, 0.1) is 0 Å². The Bertz CT molecular complexity index is 450. The molecule has 1 aromatic rings. The highest BCUT2D eigenvalue weighted by atomic mass is 16.5. The highest BCUT2D eigenvalue weighted by molar-refractivity contribution is 5.80. The van der Waals surface area contributed by atoms with E-state index in [2.05, 4.69) is 41.4 Å². The number of hydrogen-bond donors (Lipinski definition) is 1. The molecule has 1 N–H and O–H groups in total. The minimum Gasteiger partial charge on any atom is -0.468 e. The molecular formula is C16H24N2O2. The maximum atomic E-state index is 12.1. The molecule has 0 amide bonds. The van der Waals surface area contributed by atoms with Crippen LogP contribution in [0.25, 0.3) is 0 Å². The van der Waals surface area contributed by atoms with Gasteiger partial charge < -0.3 is 10.1 Å². The summed E-state index contributed by atoms with van der Waals surface area (Å²) in [5.74, 6) is -0.193. The number of nitrogens with one attached hydrogen (secondary N) is 1. The van der Waals surface area contributed by atoms with E-state index in [9.17, 15) is 4.79 Å². The van der Waals surface area contributed by atoms with Crippen LogP contribution in [-0.4, -0.2) is 36.6 Å². The van der Waals surface area contributed by atoms with Crippen LogP contribution in [0.5, 0.6) is 0 Å². The molecule has 0 radical (unpaired) electrons. The minimum atomic E-state index is -0.646. The third-order valence-corrected chi connectivity index (χ3v) is 3.85. The first kappa shape index (κ1) is 15.0. The maximum absolute atomic E-state index is 12.1.